The van der Waals surface area contributed by atoms with Crippen molar-refractivity contribution >= 4 is 6.72 Å². The highest BCUT2D eigenvalue weighted by Gasteiger charge is 1.86. The van der Waals surface area contributed by atoms with E-state index in [1.54, 1.807) is 0 Å². The highest BCUT2D eigenvalue weighted by atomic mass is 15.7. The molecule has 0 aromatic rings. The van der Waals surface area contributed by atoms with Crippen molar-refractivity contribution in [2.45, 2.75) is 13.8 Å². The molecule has 4 nitrogen and oxygen atoms in total. The van der Waals surface area contributed by atoms with Crippen LogP contribution in [0, 0.1) is 0 Å². The van der Waals surface area contributed by atoms with Crippen molar-refractivity contribution < 1.29 is 0 Å². The molecular formula is C5H12N4. The fourth-order valence-electron chi connectivity index (χ4n) is 0.328. The Kier molecular flexibility index (Phi) is 4.67. The highest BCUT2D eigenvalue weighted by Crippen LogP contribution is 1.88. The molecule has 0 N–H and O–H groups in total. The minimum atomic E-state index is 0.687. The van der Waals surface area contributed by atoms with E-state index in [9.17, 15) is 0 Å². The van der Waals surface area contributed by atoms with Gasteiger partial charge in [0.1, 0.15) is 0 Å². The van der Waals surface area contributed by atoms with Gasteiger partial charge >= 0.3 is 0 Å². The van der Waals surface area contributed by atoms with Crippen LogP contribution in [0.2, 0.25) is 0 Å². The molecule has 0 amide bonds. The second-order valence-corrected chi connectivity index (χ2v) is 1.38. The maximum Gasteiger partial charge on any atom is 0.0595 e. The van der Waals surface area contributed by atoms with E-state index in [4.69, 9.17) is 0 Å². The molecule has 0 rings (SSSR count). The molecule has 0 aromatic heterocycles. The predicted octanol–water partition coefficient (Wildman–Crippen LogP) is 1.31. The molecule has 4 heteroatoms. The Hall–Kier alpha value is -0.930. The van der Waals surface area contributed by atoms with Gasteiger partial charge in [-0.3, -0.25) is 0 Å². The molecule has 0 aliphatic heterocycles. The van der Waals surface area contributed by atoms with E-state index < -0.39 is 0 Å². The van der Waals surface area contributed by atoms with E-state index in [1.807, 2.05) is 13.8 Å². The molecule has 9 heavy (non-hydrogen) atoms. The summed E-state index contributed by atoms with van der Waals surface area (Å²) >= 11 is 0. The van der Waals surface area contributed by atoms with Crippen LogP contribution in [0.1, 0.15) is 13.8 Å². The molecule has 0 saturated carbocycles. The van der Waals surface area contributed by atoms with Gasteiger partial charge in [0, 0.05) is 6.72 Å². The number of hydrazone groups is 1. The van der Waals surface area contributed by atoms with E-state index in [0.29, 0.717) is 13.1 Å². The Morgan fingerprint density at radius 2 is 2.11 bits per heavy atom. The van der Waals surface area contributed by atoms with Crippen molar-refractivity contribution in [2.24, 2.45) is 15.4 Å². The lowest BCUT2D eigenvalue weighted by Crippen LogP contribution is -2.06. The van der Waals surface area contributed by atoms with E-state index in [1.165, 1.54) is 5.12 Å². The molecule has 52 valence electrons. The lowest BCUT2D eigenvalue weighted by Gasteiger charge is -2.04. The lowest BCUT2D eigenvalue weighted by molar-refractivity contribution is 0.298. The SMILES string of the molecule is C=NN(CC)N=NCC. The summed E-state index contributed by atoms with van der Waals surface area (Å²) < 4.78 is 0. The second kappa shape index (κ2) is 5.21. The van der Waals surface area contributed by atoms with E-state index in [0.717, 1.165) is 0 Å². The van der Waals surface area contributed by atoms with Crippen LogP contribution in [0.25, 0.3) is 0 Å². The number of nitrogens with zero attached hydrogens (tertiary/aromatic N) is 4. The third-order valence-electron chi connectivity index (χ3n) is 0.754. The molecule has 0 aliphatic carbocycles. The lowest BCUT2D eigenvalue weighted by atomic mass is 10.8. The summed E-state index contributed by atoms with van der Waals surface area (Å²) in [6.45, 7) is 8.56. The summed E-state index contributed by atoms with van der Waals surface area (Å²) in [6.07, 6.45) is 0. The molecule has 0 heterocycles. The Labute approximate surface area is 55.2 Å². The first-order valence-corrected chi connectivity index (χ1v) is 2.96. The van der Waals surface area contributed by atoms with Crippen LogP contribution >= 0.6 is 0 Å². The van der Waals surface area contributed by atoms with Crippen LogP contribution in [0.15, 0.2) is 15.4 Å². The van der Waals surface area contributed by atoms with Gasteiger partial charge in [0.2, 0.25) is 0 Å². The standard InChI is InChI=1S/C5H12N4/c1-4-7-8-9(5-2)6-3/h3-5H2,1-2H3. The highest BCUT2D eigenvalue weighted by molar-refractivity contribution is 5.22. The van der Waals surface area contributed by atoms with Gasteiger partial charge in [-0.25, -0.2) is 0 Å². The van der Waals surface area contributed by atoms with Gasteiger partial charge in [-0.2, -0.15) is 15.3 Å². The smallest absolute Gasteiger partial charge is 0.0595 e. The van der Waals surface area contributed by atoms with Gasteiger partial charge in [-0.05, 0) is 13.8 Å². The molecule has 0 radical (unpaired) electrons. The quantitative estimate of drug-likeness (QED) is 0.319. The van der Waals surface area contributed by atoms with Crippen LogP contribution in [0.5, 0.6) is 0 Å². The molecular weight excluding hydrogens is 116 g/mol. The van der Waals surface area contributed by atoms with Gasteiger partial charge < -0.3 is 0 Å². The number of hydrogen-bond acceptors (Lipinski definition) is 3. The summed E-state index contributed by atoms with van der Waals surface area (Å²) in [5.74, 6) is 0. The zero-order valence-corrected chi connectivity index (χ0v) is 5.91. The Balaban J connectivity index is 3.54. The minimum Gasteiger partial charge on any atom is -0.170 e. The van der Waals surface area contributed by atoms with Crippen molar-refractivity contribution in [3.8, 4) is 0 Å². The summed E-state index contributed by atoms with van der Waals surface area (Å²) in [4.78, 5) is 0. The van der Waals surface area contributed by atoms with E-state index >= 15 is 0 Å². The predicted molar refractivity (Wildman–Crippen MR) is 37.3 cm³/mol. The number of rotatable bonds is 4. The zero-order chi connectivity index (χ0) is 7.11. The van der Waals surface area contributed by atoms with Crippen molar-refractivity contribution in [3.05, 3.63) is 0 Å². The maximum absolute atomic E-state index is 3.73. The molecule has 0 bridgehead atoms. The Morgan fingerprint density at radius 1 is 1.44 bits per heavy atom. The molecule has 0 aromatic carbocycles. The van der Waals surface area contributed by atoms with Crippen molar-refractivity contribution in [1.82, 2.24) is 5.12 Å². The average molecular weight is 128 g/mol. The van der Waals surface area contributed by atoms with Crippen LogP contribution in [-0.4, -0.2) is 24.9 Å². The monoisotopic (exact) mass is 128 g/mol. The maximum atomic E-state index is 3.73. The molecule has 0 saturated heterocycles. The molecule has 0 unspecified atom stereocenters. The van der Waals surface area contributed by atoms with Crippen molar-refractivity contribution in [2.75, 3.05) is 13.1 Å². The molecule has 0 fully saturated rings. The van der Waals surface area contributed by atoms with Crippen LogP contribution in [0.4, 0.5) is 0 Å². The molecule has 0 atom stereocenters. The summed E-state index contributed by atoms with van der Waals surface area (Å²) in [6, 6.07) is 0. The van der Waals surface area contributed by atoms with Crippen molar-refractivity contribution in [3.63, 3.8) is 0 Å². The molecule has 0 aliphatic rings. The topological polar surface area (TPSA) is 40.3 Å². The minimum absolute atomic E-state index is 0.687. The summed E-state index contributed by atoms with van der Waals surface area (Å²) in [5, 5.41) is 12.4. The van der Waals surface area contributed by atoms with Crippen LogP contribution in [-0.2, 0) is 0 Å². The van der Waals surface area contributed by atoms with E-state index in [2.05, 4.69) is 22.2 Å². The van der Waals surface area contributed by atoms with E-state index in [-0.39, 0.29) is 0 Å². The van der Waals surface area contributed by atoms with Gasteiger partial charge in [-0.15, -0.1) is 0 Å². The fourth-order valence-corrected chi connectivity index (χ4v) is 0.328. The van der Waals surface area contributed by atoms with Crippen molar-refractivity contribution in [1.29, 1.82) is 0 Å². The first-order chi connectivity index (χ1) is 4.35. The normalized spacial score (nSPS) is 10.0. The number of hydrogen-bond donors (Lipinski definition) is 0. The van der Waals surface area contributed by atoms with Crippen LogP contribution < -0.4 is 0 Å². The Bertz CT molecular complexity index is 99.1. The zero-order valence-electron chi connectivity index (χ0n) is 5.91. The fraction of sp³-hybridized carbons (Fsp3) is 0.800. The third-order valence-corrected chi connectivity index (χ3v) is 0.754. The Morgan fingerprint density at radius 3 is 2.44 bits per heavy atom. The second-order valence-electron chi connectivity index (χ2n) is 1.38. The largest absolute Gasteiger partial charge is 0.170 e. The van der Waals surface area contributed by atoms with Gasteiger partial charge in [0.05, 0.1) is 13.1 Å². The first-order valence-electron chi connectivity index (χ1n) is 2.96. The average Bonchev–Trinajstić information content (AvgIpc) is 1.91. The van der Waals surface area contributed by atoms with Gasteiger partial charge in [-0.1, -0.05) is 5.22 Å². The summed E-state index contributed by atoms with van der Waals surface area (Å²) in [7, 11) is 0. The first kappa shape index (κ1) is 8.07. The van der Waals surface area contributed by atoms with Gasteiger partial charge in [0.25, 0.3) is 0 Å². The third kappa shape index (κ3) is 3.64. The van der Waals surface area contributed by atoms with Crippen LogP contribution in [0.3, 0.4) is 0 Å². The molecule has 0 spiro atoms. The van der Waals surface area contributed by atoms with Gasteiger partial charge in [0.15, 0.2) is 0 Å². The summed E-state index contributed by atoms with van der Waals surface area (Å²) in [5.41, 5.74) is 0.